The van der Waals surface area contributed by atoms with E-state index in [9.17, 15) is 50.5 Å². The summed E-state index contributed by atoms with van der Waals surface area (Å²) in [5.74, 6) is 0. The minimum atomic E-state index is -4.47. The third kappa shape index (κ3) is 16.6. The van der Waals surface area contributed by atoms with Crippen LogP contribution in [0.25, 0.3) is 0 Å². The number of ether oxygens (including phenoxy) is 2. The Bertz CT molecular complexity index is 3430. The van der Waals surface area contributed by atoms with Gasteiger partial charge in [0.05, 0.1) is 55.8 Å². The first-order valence-electron chi connectivity index (χ1n) is 27.2. The van der Waals surface area contributed by atoms with Crippen molar-refractivity contribution < 1.29 is 60.0 Å². The number of hydrogen-bond acceptors (Lipinski definition) is 14. The van der Waals surface area contributed by atoms with E-state index in [0.717, 1.165) is 59.2 Å². The molecule has 0 amide bonds. The van der Waals surface area contributed by atoms with Crippen LogP contribution in [0.5, 0.6) is 0 Å². The Hall–Kier alpha value is -5.30. The van der Waals surface area contributed by atoms with Crippen LogP contribution in [-0.2, 0) is 69.6 Å². The Labute approximate surface area is 497 Å². The van der Waals surface area contributed by atoms with Gasteiger partial charge in [-0.05, 0) is 114 Å². The summed E-state index contributed by atoms with van der Waals surface area (Å²) in [7, 11) is -26.5. The van der Waals surface area contributed by atoms with Gasteiger partial charge in [0.1, 0.15) is 0 Å². The fraction of sp³-hybridized carbons (Fsp3) is 0.379. The third-order valence-electron chi connectivity index (χ3n) is 14.3. The molecule has 6 aromatic rings. The van der Waals surface area contributed by atoms with Gasteiger partial charge in [-0.2, -0.15) is 25.8 Å². The van der Waals surface area contributed by atoms with Gasteiger partial charge in [0.15, 0.2) is 0 Å². The quantitative estimate of drug-likeness (QED) is 0.136. The zero-order chi connectivity index (χ0) is 61.1. The number of hydrogen-bond donors (Lipinski definition) is 0. The molecule has 26 heteroatoms. The molecule has 0 radical (unpaired) electrons. The molecule has 456 valence electrons. The number of rotatable bonds is 12. The van der Waals surface area contributed by atoms with E-state index in [0.29, 0.717) is 0 Å². The molecule has 20 nitrogen and oxygen atoms in total. The summed E-state index contributed by atoms with van der Waals surface area (Å²) >= 11 is 0. The molecular weight excluding hydrogens is 1200 g/mol. The van der Waals surface area contributed by atoms with Gasteiger partial charge < -0.3 is 9.47 Å². The second-order valence-corrected chi connectivity index (χ2v) is 32.2. The van der Waals surface area contributed by atoms with E-state index in [-0.39, 0.29) is 82.0 Å². The Morgan fingerprint density at radius 1 is 0.214 bits per heavy atom. The predicted molar refractivity (Wildman–Crippen MR) is 321 cm³/mol. The van der Waals surface area contributed by atoms with E-state index in [1.807, 2.05) is 0 Å². The summed E-state index contributed by atoms with van der Waals surface area (Å²) in [6, 6.07) is 36.4. The van der Waals surface area contributed by atoms with Crippen molar-refractivity contribution in [3.05, 3.63) is 179 Å². The highest BCUT2D eigenvalue weighted by Crippen LogP contribution is 2.25. The maximum absolute atomic E-state index is 14.8. The highest BCUT2D eigenvalue weighted by Gasteiger charge is 2.35. The van der Waals surface area contributed by atoms with Gasteiger partial charge >= 0.3 is 0 Å². The number of nitrogens with zero attached hydrogens (tertiary/aromatic N) is 6. The van der Waals surface area contributed by atoms with Crippen LogP contribution < -0.4 is 0 Å². The van der Waals surface area contributed by atoms with Crippen molar-refractivity contribution in [3.63, 3.8) is 0 Å². The Balaban J connectivity index is 1.30. The molecule has 0 aliphatic carbocycles. The van der Waals surface area contributed by atoms with E-state index in [1.165, 1.54) is 72.8 Å². The van der Waals surface area contributed by atoms with E-state index in [4.69, 9.17) is 9.47 Å². The zero-order valence-electron chi connectivity index (χ0n) is 48.0. The minimum absolute atomic E-state index is 0.0963. The van der Waals surface area contributed by atoms with Crippen LogP contribution in [-0.4, -0.2) is 181 Å². The second kappa shape index (κ2) is 28.5. The molecule has 1 saturated heterocycles. The molecular formula is C58H74N6O14S6. The molecule has 0 saturated carbocycles. The Morgan fingerprint density at radius 3 is 0.464 bits per heavy atom. The first-order valence-corrected chi connectivity index (χ1v) is 35.8. The normalized spacial score (nSPS) is 17.8. The van der Waals surface area contributed by atoms with Gasteiger partial charge in [0.25, 0.3) is 0 Å². The predicted octanol–water partition coefficient (Wildman–Crippen LogP) is 6.03. The Kier molecular flexibility index (Phi) is 22.5. The molecule has 0 spiro atoms. The van der Waals surface area contributed by atoms with E-state index < -0.39 is 112 Å². The van der Waals surface area contributed by atoms with Crippen LogP contribution in [0.15, 0.2) is 175 Å². The van der Waals surface area contributed by atoms with Gasteiger partial charge in [-0.3, -0.25) is 0 Å². The monoisotopic (exact) mass is 1270 g/mol. The molecule has 1 fully saturated rings. The van der Waals surface area contributed by atoms with Gasteiger partial charge in [-0.15, -0.1) is 0 Å². The van der Waals surface area contributed by atoms with Gasteiger partial charge in [0, 0.05) is 78.5 Å². The minimum Gasteiger partial charge on any atom is -0.379 e. The van der Waals surface area contributed by atoms with E-state index in [2.05, 4.69) is 0 Å². The summed E-state index contributed by atoms with van der Waals surface area (Å²) < 4.78 is 194. The molecule has 7 rings (SSSR count). The number of aryl methyl sites for hydroxylation is 6. The first-order chi connectivity index (χ1) is 39.6. The lowest BCUT2D eigenvalue weighted by Gasteiger charge is -2.30. The molecule has 0 bridgehead atoms. The fourth-order valence-corrected chi connectivity index (χ4v) is 17.5. The molecule has 1 aliphatic heterocycles. The third-order valence-corrected chi connectivity index (χ3v) is 25.8. The second-order valence-electron chi connectivity index (χ2n) is 20.5. The summed E-state index contributed by atoms with van der Waals surface area (Å²) in [6.07, 6.45) is 0. The molecule has 1 heterocycles. The van der Waals surface area contributed by atoms with Crippen molar-refractivity contribution in [2.45, 2.75) is 70.9 Å². The van der Waals surface area contributed by atoms with Crippen LogP contribution in [0.2, 0.25) is 0 Å². The zero-order valence-corrected chi connectivity index (χ0v) is 52.9. The molecule has 1 aliphatic rings. The van der Waals surface area contributed by atoms with Crippen molar-refractivity contribution >= 4 is 60.1 Å². The molecule has 6 aromatic carbocycles. The molecule has 0 unspecified atom stereocenters. The van der Waals surface area contributed by atoms with Gasteiger partial charge in [-0.1, -0.05) is 106 Å². The van der Waals surface area contributed by atoms with Gasteiger partial charge in [0.2, 0.25) is 60.1 Å². The maximum atomic E-state index is 14.8. The highest BCUT2D eigenvalue weighted by molar-refractivity contribution is 7.90. The van der Waals surface area contributed by atoms with Crippen LogP contribution in [0.4, 0.5) is 0 Å². The van der Waals surface area contributed by atoms with Crippen molar-refractivity contribution in [3.8, 4) is 0 Å². The molecule has 0 atom stereocenters. The van der Waals surface area contributed by atoms with Gasteiger partial charge in [-0.25, -0.2) is 50.5 Å². The average molecular weight is 1270 g/mol. The van der Waals surface area contributed by atoms with Crippen LogP contribution >= 0.6 is 0 Å². The van der Waals surface area contributed by atoms with Crippen molar-refractivity contribution in [2.75, 3.05) is 105 Å². The van der Waals surface area contributed by atoms with Crippen molar-refractivity contribution in [2.24, 2.45) is 0 Å². The number of sulfonamides is 6. The highest BCUT2D eigenvalue weighted by atomic mass is 32.2. The first kappa shape index (κ1) is 66.2. The van der Waals surface area contributed by atoms with Crippen LogP contribution in [0, 0.1) is 41.5 Å². The summed E-state index contributed by atoms with van der Waals surface area (Å²) in [5, 5.41) is 0. The van der Waals surface area contributed by atoms with E-state index >= 15 is 0 Å². The molecule has 0 aromatic heterocycles. The summed E-state index contributed by atoms with van der Waals surface area (Å²) in [5.41, 5.74) is 4.65. The van der Waals surface area contributed by atoms with Crippen LogP contribution in [0.1, 0.15) is 33.4 Å². The summed E-state index contributed by atoms with van der Waals surface area (Å²) in [4.78, 5) is -0.635. The van der Waals surface area contributed by atoms with Crippen molar-refractivity contribution in [1.29, 1.82) is 0 Å². The largest absolute Gasteiger partial charge is 0.379 e. The van der Waals surface area contributed by atoms with Crippen molar-refractivity contribution in [1.82, 2.24) is 25.8 Å². The maximum Gasteiger partial charge on any atom is 0.243 e. The fourth-order valence-electron chi connectivity index (χ4n) is 9.03. The summed E-state index contributed by atoms with van der Waals surface area (Å²) in [6.45, 7) is 4.37. The standard InChI is InChI=1S/C58H74N6O14S6/c1-47-7-19-53(20-8-47)79(65,66)59-31-35-61(81(69,70)55-23-11-49(3)12-24-55)39-43-77-45-41-63(83(73,74)57-27-15-51(5)16-28-57)37-33-60(80(67,68)54-21-9-48(2)10-22-54)34-38-64(84(75,76)58-29-17-52(6)18-30-58)42-46-78-44-40-62(36-32-59)82(71,72)56-25-13-50(4)14-26-56/h7-30H,31-46H2,1-6H3. The lowest BCUT2D eigenvalue weighted by Crippen LogP contribution is -2.47. The lowest BCUT2D eigenvalue weighted by atomic mass is 10.2. The average Bonchev–Trinajstić information content (AvgIpc) is 2.88. The molecule has 0 N–H and O–H groups in total. The Morgan fingerprint density at radius 2 is 0.333 bits per heavy atom. The van der Waals surface area contributed by atoms with Crippen LogP contribution in [0.3, 0.4) is 0 Å². The smallest absolute Gasteiger partial charge is 0.243 e. The van der Waals surface area contributed by atoms with E-state index in [1.54, 1.807) is 114 Å². The number of benzene rings is 6. The molecule has 84 heavy (non-hydrogen) atoms. The lowest BCUT2D eigenvalue weighted by molar-refractivity contribution is 0.108. The topological polar surface area (TPSA) is 243 Å². The SMILES string of the molecule is Cc1ccc(S(=O)(=O)N2CCOCCN(S(=O)(=O)c3ccc(C)cc3)CCN(S(=O)(=O)c3ccc(C)cc3)CCN(S(=O)(=O)c3ccc(C)cc3)CCOCCN(S(=O)(=O)c3ccc(C)cc3)CCN(S(=O)(=O)c3ccc(C)cc3)CC2)cc1.